The number of benzene rings is 1. The van der Waals surface area contributed by atoms with Crippen LogP contribution in [0.5, 0.6) is 0 Å². The second-order valence-corrected chi connectivity index (χ2v) is 4.61. The largest absolute Gasteiger partial charge is 0.0928 e. The summed E-state index contributed by atoms with van der Waals surface area (Å²) in [7, 11) is 0. The van der Waals surface area contributed by atoms with E-state index in [2.05, 4.69) is 31.9 Å². The Hall–Kier alpha value is 0.470. The minimum absolute atomic E-state index is 0.808. The van der Waals surface area contributed by atoms with Gasteiger partial charge < -0.3 is 0 Å². The first-order valence-electron chi connectivity index (χ1n) is 3.74. The number of hydrogen-bond acceptors (Lipinski definition) is 0. The predicted octanol–water partition coefficient (Wildman–Crippen LogP) is 4.43. The molecule has 0 atom stereocenters. The highest BCUT2D eigenvalue weighted by molar-refractivity contribution is 9.10. The van der Waals surface area contributed by atoms with Crippen molar-refractivity contribution in [1.29, 1.82) is 0 Å². The van der Waals surface area contributed by atoms with Crippen molar-refractivity contribution in [3.05, 3.63) is 33.3 Å². The molecule has 0 aromatic heterocycles. The molecule has 0 amide bonds. The predicted molar refractivity (Wildman–Crippen MR) is 61.3 cm³/mol. The molecule has 0 saturated carbocycles. The fourth-order valence-electron chi connectivity index (χ4n) is 0.992. The summed E-state index contributed by atoms with van der Waals surface area (Å²) >= 11 is 12.8. The fraction of sp³-hybridized carbons (Fsp3) is 0.333. The lowest BCUT2D eigenvalue weighted by Gasteiger charge is -2.02. The first kappa shape index (κ1) is 10.6. The molecule has 0 saturated heterocycles. The Morgan fingerprint density at radius 1 is 1.33 bits per heavy atom. The van der Waals surface area contributed by atoms with Crippen LogP contribution in [-0.4, -0.2) is 5.33 Å². The number of hydrogen-bond donors (Lipinski definition) is 0. The molecule has 66 valence electrons. The third-order valence-electron chi connectivity index (χ3n) is 1.59. The molecular formula is C9H9Br2Cl. The van der Waals surface area contributed by atoms with Crippen LogP contribution in [0.2, 0.25) is 5.02 Å². The van der Waals surface area contributed by atoms with Crippen LogP contribution in [-0.2, 0) is 6.42 Å². The first-order chi connectivity index (χ1) is 5.74. The minimum atomic E-state index is 0.808. The van der Waals surface area contributed by atoms with Gasteiger partial charge in [0.1, 0.15) is 0 Å². The second kappa shape index (κ2) is 5.25. The van der Waals surface area contributed by atoms with Crippen LogP contribution < -0.4 is 0 Å². The highest BCUT2D eigenvalue weighted by Gasteiger charge is 1.99. The van der Waals surface area contributed by atoms with Crippen LogP contribution in [0.25, 0.3) is 0 Å². The Bertz CT molecular complexity index is 261. The van der Waals surface area contributed by atoms with Crippen LogP contribution in [0.15, 0.2) is 22.7 Å². The Morgan fingerprint density at radius 2 is 2.08 bits per heavy atom. The third kappa shape index (κ3) is 3.08. The average molecular weight is 312 g/mol. The van der Waals surface area contributed by atoms with Crippen molar-refractivity contribution in [2.45, 2.75) is 12.8 Å². The molecule has 0 bridgehead atoms. The molecule has 0 aliphatic heterocycles. The molecule has 0 aliphatic carbocycles. The number of rotatable bonds is 3. The van der Waals surface area contributed by atoms with Crippen molar-refractivity contribution < 1.29 is 0 Å². The summed E-state index contributed by atoms with van der Waals surface area (Å²) in [6.45, 7) is 0. The van der Waals surface area contributed by atoms with Crippen molar-refractivity contribution in [2.75, 3.05) is 5.33 Å². The monoisotopic (exact) mass is 310 g/mol. The van der Waals surface area contributed by atoms with E-state index in [1.54, 1.807) is 0 Å². The van der Waals surface area contributed by atoms with Gasteiger partial charge in [0, 0.05) is 14.8 Å². The summed E-state index contributed by atoms with van der Waals surface area (Å²) in [5, 5.41) is 1.84. The summed E-state index contributed by atoms with van der Waals surface area (Å²) in [4.78, 5) is 0. The van der Waals surface area contributed by atoms with E-state index in [0.29, 0.717) is 0 Å². The zero-order valence-corrected chi connectivity index (χ0v) is 10.4. The number of alkyl halides is 1. The van der Waals surface area contributed by atoms with E-state index in [9.17, 15) is 0 Å². The van der Waals surface area contributed by atoms with Crippen molar-refractivity contribution in [3.8, 4) is 0 Å². The van der Waals surface area contributed by atoms with E-state index < -0.39 is 0 Å². The van der Waals surface area contributed by atoms with E-state index >= 15 is 0 Å². The van der Waals surface area contributed by atoms with E-state index in [4.69, 9.17) is 11.6 Å². The summed E-state index contributed by atoms with van der Waals surface area (Å²) in [5.74, 6) is 0. The summed E-state index contributed by atoms with van der Waals surface area (Å²) in [6.07, 6.45) is 2.20. The maximum Gasteiger partial charge on any atom is 0.0409 e. The minimum Gasteiger partial charge on any atom is -0.0928 e. The molecule has 1 aromatic carbocycles. The molecule has 0 N–H and O–H groups in total. The molecule has 0 spiro atoms. The molecule has 0 aliphatic rings. The number of aryl methyl sites for hydroxylation is 1. The van der Waals surface area contributed by atoms with Gasteiger partial charge in [-0.3, -0.25) is 0 Å². The van der Waals surface area contributed by atoms with Gasteiger partial charge in [-0.15, -0.1) is 0 Å². The Balaban J connectivity index is 2.75. The Morgan fingerprint density at radius 3 is 2.75 bits per heavy atom. The van der Waals surface area contributed by atoms with Crippen LogP contribution >= 0.6 is 43.5 Å². The van der Waals surface area contributed by atoms with Gasteiger partial charge in [-0.2, -0.15) is 0 Å². The smallest absolute Gasteiger partial charge is 0.0409 e. The third-order valence-corrected chi connectivity index (χ3v) is 3.16. The van der Waals surface area contributed by atoms with E-state index in [1.165, 1.54) is 5.56 Å². The normalized spacial score (nSPS) is 10.2. The van der Waals surface area contributed by atoms with Gasteiger partial charge in [0.2, 0.25) is 0 Å². The number of halogens is 3. The van der Waals surface area contributed by atoms with E-state index in [-0.39, 0.29) is 0 Å². The van der Waals surface area contributed by atoms with Crippen LogP contribution in [0.1, 0.15) is 12.0 Å². The maximum absolute atomic E-state index is 5.86. The molecule has 3 heteroatoms. The fourth-order valence-corrected chi connectivity index (χ4v) is 1.91. The van der Waals surface area contributed by atoms with E-state index in [0.717, 1.165) is 27.7 Å². The summed E-state index contributed by atoms with van der Waals surface area (Å²) < 4.78 is 1.15. The van der Waals surface area contributed by atoms with Crippen LogP contribution in [0.4, 0.5) is 0 Å². The molecule has 0 radical (unpaired) electrons. The first-order valence-corrected chi connectivity index (χ1v) is 6.03. The zero-order chi connectivity index (χ0) is 8.97. The van der Waals surface area contributed by atoms with Gasteiger partial charge in [0.15, 0.2) is 0 Å². The average Bonchev–Trinajstić information content (AvgIpc) is 2.07. The lowest BCUT2D eigenvalue weighted by Crippen LogP contribution is -1.87. The molecule has 1 aromatic rings. The lowest BCUT2D eigenvalue weighted by atomic mass is 10.1. The molecule has 0 nitrogen and oxygen atoms in total. The van der Waals surface area contributed by atoms with Gasteiger partial charge >= 0.3 is 0 Å². The molecule has 0 heterocycles. The summed E-state index contributed by atoms with van der Waals surface area (Å²) in [5.41, 5.74) is 1.28. The van der Waals surface area contributed by atoms with Crippen molar-refractivity contribution in [3.63, 3.8) is 0 Å². The van der Waals surface area contributed by atoms with Crippen LogP contribution in [0, 0.1) is 0 Å². The molecule has 12 heavy (non-hydrogen) atoms. The second-order valence-electron chi connectivity index (χ2n) is 2.53. The molecular weight excluding hydrogens is 303 g/mol. The quantitative estimate of drug-likeness (QED) is 0.724. The molecule has 0 unspecified atom stereocenters. The SMILES string of the molecule is Clc1ccc(Br)c(CCCBr)c1. The van der Waals surface area contributed by atoms with E-state index in [1.807, 2.05) is 18.2 Å². The topological polar surface area (TPSA) is 0 Å². The Kier molecular flexibility index (Phi) is 4.62. The van der Waals surface area contributed by atoms with Gasteiger partial charge in [-0.05, 0) is 36.6 Å². The molecule has 0 fully saturated rings. The van der Waals surface area contributed by atoms with Crippen molar-refractivity contribution in [2.24, 2.45) is 0 Å². The summed E-state index contributed by atoms with van der Waals surface area (Å²) in [6, 6.07) is 5.89. The van der Waals surface area contributed by atoms with Gasteiger partial charge in [0.05, 0.1) is 0 Å². The van der Waals surface area contributed by atoms with Gasteiger partial charge in [-0.25, -0.2) is 0 Å². The highest BCUT2D eigenvalue weighted by atomic mass is 79.9. The van der Waals surface area contributed by atoms with Crippen LogP contribution in [0.3, 0.4) is 0 Å². The standard InChI is InChI=1S/C9H9Br2Cl/c10-5-1-2-7-6-8(12)3-4-9(7)11/h3-4,6H,1-2,5H2. The molecule has 1 rings (SSSR count). The maximum atomic E-state index is 5.86. The Labute approximate surface area is 94.6 Å². The van der Waals surface area contributed by atoms with Crippen molar-refractivity contribution >= 4 is 43.5 Å². The zero-order valence-electron chi connectivity index (χ0n) is 6.49. The van der Waals surface area contributed by atoms with Gasteiger partial charge in [0.25, 0.3) is 0 Å². The highest BCUT2D eigenvalue weighted by Crippen LogP contribution is 2.22. The van der Waals surface area contributed by atoms with Gasteiger partial charge in [-0.1, -0.05) is 43.5 Å². The lowest BCUT2D eigenvalue weighted by molar-refractivity contribution is 0.934. The van der Waals surface area contributed by atoms with Crippen molar-refractivity contribution in [1.82, 2.24) is 0 Å².